The van der Waals surface area contributed by atoms with Gasteiger partial charge in [-0.3, -0.25) is 9.69 Å². The molecule has 0 heterocycles. The van der Waals surface area contributed by atoms with Crippen molar-refractivity contribution in [2.45, 2.75) is 19.4 Å². The van der Waals surface area contributed by atoms with Crippen molar-refractivity contribution >= 4 is 5.97 Å². The standard InChI is InChI=1S/C11H19NO2/c1-5-7-12(8-6-2)10(3)9-11(13)14-4/h5-6,10H,1-2,7-9H2,3-4H3. The quantitative estimate of drug-likeness (QED) is 0.459. The van der Waals surface area contributed by atoms with Crippen LogP contribution in [0.4, 0.5) is 0 Å². The van der Waals surface area contributed by atoms with Crippen LogP contribution < -0.4 is 0 Å². The number of carbonyl (C=O) groups excluding carboxylic acids is 1. The molecule has 0 saturated carbocycles. The first-order valence-corrected chi connectivity index (χ1v) is 4.68. The number of ether oxygens (including phenoxy) is 1. The summed E-state index contributed by atoms with van der Waals surface area (Å²) in [4.78, 5) is 13.1. The van der Waals surface area contributed by atoms with Gasteiger partial charge in [0.25, 0.3) is 0 Å². The lowest BCUT2D eigenvalue weighted by Crippen LogP contribution is -2.35. The van der Waals surface area contributed by atoms with Crippen LogP contribution >= 0.6 is 0 Å². The van der Waals surface area contributed by atoms with Gasteiger partial charge in [0.2, 0.25) is 0 Å². The van der Waals surface area contributed by atoms with Crippen LogP contribution in [0.1, 0.15) is 13.3 Å². The van der Waals surface area contributed by atoms with E-state index in [9.17, 15) is 4.79 Å². The molecular weight excluding hydrogens is 178 g/mol. The molecule has 14 heavy (non-hydrogen) atoms. The lowest BCUT2D eigenvalue weighted by atomic mass is 10.2. The fourth-order valence-corrected chi connectivity index (χ4v) is 1.22. The summed E-state index contributed by atoms with van der Waals surface area (Å²) in [6.07, 6.45) is 4.03. The van der Waals surface area contributed by atoms with Gasteiger partial charge in [0.15, 0.2) is 0 Å². The van der Waals surface area contributed by atoms with E-state index in [0.29, 0.717) is 6.42 Å². The summed E-state index contributed by atoms with van der Waals surface area (Å²) in [5.74, 6) is -0.185. The van der Waals surface area contributed by atoms with Crippen molar-refractivity contribution in [2.75, 3.05) is 20.2 Å². The summed E-state index contributed by atoms with van der Waals surface area (Å²) >= 11 is 0. The van der Waals surface area contributed by atoms with Crippen molar-refractivity contribution in [1.29, 1.82) is 0 Å². The van der Waals surface area contributed by atoms with Crippen LogP contribution in [-0.2, 0) is 9.53 Å². The molecule has 0 radical (unpaired) electrons. The van der Waals surface area contributed by atoms with Crippen molar-refractivity contribution < 1.29 is 9.53 Å². The maximum absolute atomic E-state index is 11.0. The monoisotopic (exact) mass is 197 g/mol. The summed E-state index contributed by atoms with van der Waals surface area (Å²) in [6, 6.07) is 0.151. The second kappa shape index (κ2) is 7.33. The van der Waals surface area contributed by atoms with Gasteiger partial charge in [0.1, 0.15) is 0 Å². The fourth-order valence-electron chi connectivity index (χ4n) is 1.22. The molecule has 80 valence electrons. The van der Waals surface area contributed by atoms with Crippen LogP contribution in [0.2, 0.25) is 0 Å². The van der Waals surface area contributed by atoms with Gasteiger partial charge in [-0.1, -0.05) is 12.2 Å². The Labute approximate surface area is 86.0 Å². The zero-order valence-electron chi connectivity index (χ0n) is 9.03. The van der Waals surface area contributed by atoms with Crippen molar-refractivity contribution in [1.82, 2.24) is 4.90 Å². The first kappa shape index (κ1) is 12.9. The molecule has 0 aromatic heterocycles. The largest absolute Gasteiger partial charge is 0.469 e. The first-order chi connectivity index (χ1) is 6.65. The highest BCUT2D eigenvalue weighted by atomic mass is 16.5. The van der Waals surface area contributed by atoms with E-state index in [1.807, 2.05) is 19.1 Å². The van der Waals surface area contributed by atoms with Gasteiger partial charge in [-0.25, -0.2) is 0 Å². The number of hydrogen-bond acceptors (Lipinski definition) is 3. The smallest absolute Gasteiger partial charge is 0.307 e. The summed E-state index contributed by atoms with van der Waals surface area (Å²) in [7, 11) is 1.40. The molecule has 0 bridgehead atoms. The summed E-state index contributed by atoms with van der Waals surface area (Å²) in [5.41, 5.74) is 0. The van der Waals surface area contributed by atoms with E-state index >= 15 is 0 Å². The highest BCUT2D eigenvalue weighted by molar-refractivity contribution is 5.69. The Kier molecular flexibility index (Phi) is 6.76. The number of hydrogen-bond donors (Lipinski definition) is 0. The van der Waals surface area contributed by atoms with Crippen molar-refractivity contribution in [3.05, 3.63) is 25.3 Å². The zero-order valence-corrected chi connectivity index (χ0v) is 9.03. The summed E-state index contributed by atoms with van der Waals surface area (Å²) in [5, 5.41) is 0. The zero-order chi connectivity index (χ0) is 11.0. The lowest BCUT2D eigenvalue weighted by Gasteiger charge is -2.25. The van der Waals surface area contributed by atoms with Crippen LogP contribution in [0.25, 0.3) is 0 Å². The Hall–Kier alpha value is -1.09. The molecule has 0 N–H and O–H groups in total. The Morgan fingerprint density at radius 3 is 2.29 bits per heavy atom. The number of methoxy groups -OCH3 is 1. The second-order valence-corrected chi connectivity index (χ2v) is 3.16. The van der Waals surface area contributed by atoms with Crippen LogP contribution in [0.15, 0.2) is 25.3 Å². The summed E-state index contributed by atoms with van der Waals surface area (Å²) in [6.45, 7) is 10.8. The Bertz CT molecular complexity index is 191. The number of rotatable bonds is 7. The van der Waals surface area contributed by atoms with Gasteiger partial charge in [-0.15, -0.1) is 13.2 Å². The van der Waals surface area contributed by atoms with Crippen LogP contribution in [0.5, 0.6) is 0 Å². The fraction of sp³-hybridized carbons (Fsp3) is 0.545. The highest BCUT2D eigenvalue weighted by Gasteiger charge is 2.14. The Morgan fingerprint density at radius 2 is 1.93 bits per heavy atom. The number of carbonyl (C=O) groups is 1. The molecule has 0 saturated heterocycles. The van der Waals surface area contributed by atoms with Crippen LogP contribution in [-0.4, -0.2) is 37.1 Å². The number of esters is 1. The lowest BCUT2D eigenvalue weighted by molar-refractivity contribution is -0.141. The molecule has 0 aromatic rings. The van der Waals surface area contributed by atoms with Crippen molar-refractivity contribution in [3.8, 4) is 0 Å². The maximum Gasteiger partial charge on any atom is 0.307 e. The maximum atomic E-state index is 11.0. The van der Waals surface area contributed by atoms with Gasteiger partial charge in [-0.05, 0) is 6.92 Å². The molecule has 3 heteroatoms. The molecule has 0 aromatic carbocycles. The van der Waals surface area contributed by atoms with Crippen LogP contribution in [0.3, 0.4) is 0 Å². The van der Waals surface area contributed by atoms with Gasteiger partial charge in [0.05, 0.1) is 13.5 Å². The molecule has 0 aliphatic carbocycles. The molecule has 0 fully saturated rings. The second-order valence-electron chi connectivity index (χ2n) is 3.16. The molecule has 0 rings (SSSR count). The molecule has 1 atom stereocenters. The van der Waals surface area contributed by atoms with E-state index in [2.05, 4.69) is 22.8 Å². The third-order valence-electron chi connectivity index (χ3n) is 2.04. The molecular formula is C11H19NO2. The third-order valence-corrected chi connectivity index (χ3v) is 2.04. The first-order valence-electron chi connectivity index (χ1n) is 4.68. The van der Waals surface area contributed by atoms with E-state index < -0.39 is 0 Å². The molecule has 0 amide bonds. The molecule has 0 spiro atoms. The van der Waals surface area contributed by atoms with Gasteiger partial charge >= 0.3 is 5.97 Å². The molecule has 0 aliphatic rings. The average Bonchev–Trinajstić information content (AvgIpc) is 2.17. The normalized spacial score (nSPS) is 12.2. The average molecular weight is 197 g/mol. The Balaban J connectivity index is 4.11. The SMILES string of the molecule is C=CCN(CC=C)C(C)CC(=O)OC. The van der Waals surface area contributed by atoms with E-state index in [-0.39, 0.29) is 12.0 Å². The molecule has 0 aliphatic heterocycles. The number of nitrogens with zero attached hydrogens (tertiary/aromatic N) is 1. The Morgan fingerprint density at radius 1 is 1.43 bits per heavy atom. The highest BCUT2D eigenvalue weighted by Crippen LogP contribution is 2.04. The van der Waals surface area contributed by atoms with E-state index in [4.69, 9.17) is 0 Å². The van der Waals surface area contributed by atoms with Gasteiger partial charge < -0.3 is 4.74 Å². The van der Waals surface area contributed by atoms with Crippen molar-refractivity contribution in [3.63, 3.8) is 0 Å². The van der Waals surface area contributed by atoms with Crippen LogP contribution in [0, 0.1) is 0 Å². The minimum Gasteiger partial charge on any atom is -0.469 e. The predicted octanol–water partition coefficient (Wildman–Crippen LogP) is 1.61. The van der Waals surface area contributed by atoms with E-state index in [1.165, 1.54) is 7.11 Å². The van der Waals surface area contributed by atoms with Gasteiger partial charge in [0, 0.05) is 19.1 Å². The third kappa shape index (κ3) is 4.82. The topological polar surface area (TPSA) is 29.5 Å². The minimum atomic E-state index is -0.185. The van der Waals surface area contributed by atoms with Crippen molar-refractivity contribution in [2.24, 2.45) is 0 Å². The van der Waals surface area contributed by atoms with E-state index in [0.717, 1.165) is 13.1 Å². The predicted molar refractivity (Wildman–Crippen MR) is 58.1 cm³/mol. The summed E-state index contributed by atoms with van der Waals surface area (Å²) < 4.78 is 4.61. The van der Waals surface area contributed by atoms with E-state index in [1.54, 1.807) is 0 Å². The van der Waals surface area contributed by atoms with Gasteiger partial charge in [-0.2, -0.15) is 0 Å². The molecule has 3 nitrogen and oxygen atoms in total. The minimum absolute atomic E-state index is 0.151. The molecule has 1 unspecified atom stereocenters.